The van der Waals surface area contributed by atoms with Crippen LogP contribution in [0.25, 0.3) is 11.1 Å². The van der Waals surface area contributed by atoms with Gasteiger partial charge in [-0.15, -0.1) is 0 Å². The first kappa shape index (κ1) is 28.5. The van der Waals surface area contributed by atoms with Crippen molar-refractivity contribution in [1.82, 2.24) is 4.90 Å². The predicted molar refractivity (Wildman–Crippen MR) is 153 cm³/mol. The highest BCUT2D eigenvalue weighted by Crippen LogP contribution is 2.40. The Bertz CT molecular complexity index is 1220. The van der Waals surface area contributed by atoms with E-state index >= 15 is 0 Å². The Hall–Kier alpha value is -3.52. The molecule has 1 unspecified atom stereocenters. The molecule has 39 heavy (non-hydrogen) atoms. The van der Waals surface area contributed by atoms with Crippen molar-refractivity contribution < 1.29 is 28.8 Å². The van der Waals surface area contributed by atoms with Crippen molar-refractivity contribution in [3.8, 4) is 23.0 Å². The predicted octanol–water partition coefficient (Wildman–Crippen LogP) is 5.85. The fraction of sp³-hybridized carbons (Fsp3) is 0.375. The zero-order chi connectivity index (χ0) is 27.6. The standard InChI is InChI=1S/C32H39NO6/c1-5-29(25-12-17-30-31(18-25)39-22-38-30)32(24-10-15-28(16-11-24)37-21-35-4)23-8-13-27(14-9-23)36-20-26(34)19-33(6-2)7-3/h8-18,26,34H,5-7,19-22H2,1-4H3. The summed E-state index contributed by atoms with van der Waals surface area (Å²) in [5.74, 6) is 2.99. The maximum absolute atomic E-state index is 10.4. The van der Waals surface area contributed by atoms with Gasteiger partial charge in [0.05, 0.1) is 0 Å². The number of nitrogens with zero attached hydrogens (tertiary/aromatic N) is 1. The van der Waals surface area contributed by atoms with Gasteiger partial charge in [0.1, 0.15) is 24.2 Å². The second kappa shape index (κ2) is 14.0. The second-order valence-electron chi connectivity index (χ2n) is 9.33. The average Bonchev–Trinajstić information content (AvgIpc) is 3.45. The third kappa shape index (κ3) is 7.32. The fourth-order valence-corrected chi connectivity index (χ4v) is 4.71. The van der Waals surface area contributed by atoms with Gasteiger partial charge in [0, 0.05) is 13.7 Å². The van der Waals surface area contributed by atoms with Crippen LogP contribution in [0.1, 0.15) is 43.9 Å². The molecule has 208 valence electrons. The van der Waals surface area contributed by atoms with Gasteiger partial charge in [0.2, 0.25) is 6.79 Å². The third-order valence-electron chi connectivity index (χ3n) is 6.81. The molecule has 0 bridgehead atoms. The monoisotopic (exact) mass is 533 g/mol. The molecule has 1 heterocycles. The number of ether oxygens (including phenoxy) is 5. The second-order valence-corrected chi connectivity index (χ2v) is 9.33. The quantitative estimate of drug-likeness (QED) is 0.206. The number of fused-ring (bicyclic) bond motifs is 1. The van der Waals surface area contributed by atoms with Crippen LogP contribution in [0.15, 0.2) is 66.7 Å². The first-order valence-electron chi connectivity index (χ1n) is 13.5. The largest absolute Gasteiger partial charge is 0.491 e. The summed E-state index contributed by atoms with van der Waals surface area (Å²) < 4.78 is 27.8. The minimum atomic E-state index is -0.545. The first-order chi connectivity index (χ1) is 19.1. The highest BCUT2D eigenvalue weighted by atomic mass is 16.7. The number of aliphatic hydroxyl groups is 1. The molecular weight excluding hydrogens is 494 g/mol. The molecular formula is C32H39NO6. The summed E-state index contributed by atoms with van der Waals surface area (Å²) in [4.78, 5) is 2.18. The van der Waals surface area contributed by atoms with E-state index in [1.165, 1.54) is 5.57 Å². The van der Waals surface area contributed by atoms with Crippen molar-refractivity contribution in [2.45, 2.75) is 33.3 Å². The first-order valence-corrected chi connectivity index (χ1v) is 13.5. The number of benzene rings is 3. The molecule has 0 fully saturated rings. The number of methoxy groups -OCH3 is 1. The number of likely N-dealkylation sites (N-methyl/N-ethyl adjacent to an activating group) is 1. The van der Waals surface area contributed by atoms with E-state index in [2.05, 4.69) is 56.0 Å². The van der Waals surface area contributed by atoms with E-state index in [-0.39, 0.29) is 20.2 Å². The number of allylic oxidation sites excluding steroid dienone is 1. The number of hydrogen-bond acceptors (Lipinski definition) is 7. The van der Waals surface area contributed by atoms with Crippen molar-refractivity contribution in [1.29, 1.82) is 0 Å². The van der Waals surface area contributed by atoms with Crippen LogP contribution in [-0.4, -0.2) is 63.0 Å². The van der Waals surface area contributed by atoms with Crippen LogP contribution in [0.2, 0.25) is 0 Å². The molecule has 1 aliphatic rings. The van der Waals surface area contributed by atoms with Crippen LogP contribution >= 0.6 is 0 Å². The van der Waals surface area contributed by atoms with E-state index in [1.54, 1.807) is 7.11 Å². The molecule has 0 aliphatic carbocycles. The summed E-state index contributed by atoms with van der Waals surface area (Å²) >= 11 is 0. The highest BCUT2D eigenvalue weighted by molar-refractivity contribution is 5.99. The zero-order valence-electron chi connectivity index (χ0n) is 23.3. The summed E-state index contributed by atoms with van der Waals surface area (Å²) in [6.45, 7) is 9.43. The Balaban J connectivity index is 1.64. The van der Waals surface area contributed by atoms with Gasteiger partial charge >= 0.3 is 0 Å². The van der Waals surface area contributed by atoms with Crippen LogP contribution in [0.3, 0.4) is 0 Å². The summed E-state index contributed by atoms with van der Waals surface area (Å²) in [5, 5.41) is 10.4. The molecule has 0 aromatic heterocycles. The van der Waals surface area contributed by atoms with Crippen molar-refractivity contribution >= 4 is 11.1 Å². The SMILES string of the molecule is CCC(=C(c1ccc(OCOC)cc1)c1ccc(OCC(O)CN(CC)CC)cc1)c1ccc2c(c1)OCO2. The summed E-state index contributed by atoms with van der Waals surface area (Å²) in [6.07, 6.45) is 0.267. The Kier molecular flexibility index (Phi) is 10.3. The molecule has 0 saturated heterocycles. The van der Waals surface area contributed by atoms with E-state index in [0.29, 0.717) is 6.54 Å². The maximum Gasteiger partial charge on any atom is 0.231 e. The van der Waals surface area contributed by atoms with Gasteiger partial charge in [0.15, 0.2) is 18.3 Å². The van der Waals surface area contributed by atoms with Gasteiger partial charge < -0.3 is 33.7 Å². The van der Waals surface area contributed by atoms with Crippen molar-refractivity contribution in [2.24, 2.45) is 0 Å². The highest BCUT2D eigenvalue weighted by Gasteiger charge is 2.18. The van der Waals surface area contributed by atoms with Crippen LogP contribution < -0.4 is 18.9 Å². The van der Waals surface area contributed by atoms with E-state index in [0.717, 1.165) is 64.8 Å². The van der Waals surface area contributed by atoms with Crippen LogP contribution in [-0.2, 0) is 4.74 Å². The number of hydrogen-bond donors (Lipinski definition) is 1. The molecule has 1 N–H and O–H groups in total. The summed E-state index contributed by atoms with van der Waals surface area (Å²) in [7, 11) is 1.60. The molecule has 7 nitrogen and oxygen atoms in total. The van der Waals surface area contributed by atoms with E-state index in [1.807, 2.05) is 36.4 Å². The molecule has 0 radical (unpaired) electrons. The molecule has 1 aliphatic heterocycles. The Morgan fingerprint density at radius 2 is 1.41 bits per heavy atom. The van der Waals surface area contributed by atoms with Crippen molar-refractivity contribution in [3.63, 3.8) is 0 Å². The number of aliphatic hydroxyl groups excluding tert-OH is 1. The lowest BCUT2D eigenvalue weighted by atomic mass is 9.88. The Morgan fingerprint density at radius 1 is 0.821 bits per heavy atom. The molecule has 0 saturated carbocycles. The van der Waals surface area contributed by atoms with Crippen molar-refractivity contribution in [2.75, 3.05) is 46.9 Å². The minimum Gasteiger partial charge on any atom is -0.491 e. The van der Waals surface area contributed by atoms with Gasteiger partial charge in [0.25, 0.3) is 0 Å². The third-order valence-corrected chi connectivity index (χ3v) is 6.81. The van der Waals surface area contributed by atoms with Crippen LogP contribution in [0.5, 0.6) is 23.0 Å². The minimum absolute atomic E-state index is 0.199. The average molecular weight is 534 g/mol. The normalized spacial score (nSPS) is 13.8. The Labute approximate surface area is 231 Å². The number of rotatable bonds is 14. The van der Waals surface area contributed by atoms with Gasteiger partial charge in [-0.25, -0.2) is 0 Å². The zero-order valence-corrected chi connectivity index (χ0v) is 23.3. The van der Waals surface area contributed by atoms with Crippen LogP contribution in [0.4, 0.5) is 0 Å². The van der Waals surface area contributed by atoms with E-state index < -0.39 is 6.10 Å². The van der Waals surface area contributed by atoms with Gasteiger partial charge in [-0.2, -0.15) is 0 Å². The van der Waals surface area contributed by atoms with Crippen molar-refractivity contribution in [3.05, 3.63) is 83.4 Å². The molecule has 1 atom stereocenters. The van der Waals surface area contributed by atoms with Gasteiger partial charge in [-0.3, -0.25) is 0 Å². The molecule has 7 heteroatoms. The van der Waals surface area contributed by atoms with E-state index in [9.17, 15) is 5.11 Å². The smallest absolute Gasteiger partial charge is 0.231 e. The molecule has 0 spiro atoms. The molecule has 0 amide bonds. The van der Waals surface area contributed by atoms with E-state index in [4.69, 9.17) is 23.7 Å². The summed E-state index contributed by atoms with van der Waals surface area (Å²) in [5.41, 5.74) is 5.50. The summed E-state index contributed by atoms with van der Waals surface area (Å²) in [6, 6.07) is 22.2. The van der Waals surface area contributed by atoms with Crippen LogP contribution in [0, 0.1) is 0 Å². The van der Waals surface area contributed by atoms with Gasteiger partial charge in [-0.1, -0.05) is 51.1 Å². The molecule has 4 rings (SSSR count). The maximum atomic E-state index is 10.4. The molecule has 3 aromatic carbocycles. The molecule has 3 aromatic rings. The van der Waals surface area contributed by atoms with Gasteiger partial charge in [-0.05, 0) is 83.7 Å². The lowest BCUT2D eigenvalue weighted by molar-refractivity contribution is 0.0511. The fourth-order valence-electron chi connectivity index (χ4n) is 4.71. The lowest BCUT2D eigenvalue weighted by Crippen LogP contribution is -2.35. The lowest BCUT2D eigenvalue weighted by Gasteiger charge is -2.22. The topological polar surface area (TPSA) is 69.6 Å². The Morgan fingerprint density at radius 3 is 2.00 bits per heavy atom.